The van der Waals surface area contributed by atoms with Gasteiger partial charge in [0.05, 0.1) is 19.7 Å². The molecule has 0 bridgehead atoms. The predicted molar refractivity (Wildman–Crippen MR) is 149 cm³/mol. The molecule has 0 aromatic heterocycles. The highest BCUT2D eigenvalue weighted by molar-refractivity contribution is 6.05. The third kappa shape index (κ3) is 5.87. The SMILES string of the molecule is COc1ccc(CN2C(=O)CCC(N3Cc4cc(O[C@H]5CCN(C(=O)OC(C)(C)C)[C@H]5C)ccc4C3=O)C2=O)cc1. The minimum atomic E-state index is -0.715. The van der Waals surface area contributed by atoms with Gasteiger partial charge in [-0.05, 0) is 75.6 Å². The van der Waals surface area contributed by atoms with Gasteiger partial charge in [0.15, 0.2) is 0 Å². The van der Waals surface area contributed by atoms with Gasteiger partial charge < -0.3 is 24.0 Å². The van der Waals surface area contributed by atoms with Gasteiger partial charge in [-0.3, -0.25) is 19.3 Å². The van der Waals surface area contributed by atoms with Crippen molar-refractivity contribution in [2.24, 2.45) is 0 Å². The Labute approximate surface area is 240 Å². The smallest absolute Gasteiger partial charge is 0.410 e. The monoisotopic (exact) mass is 563 g/mol. The van der Waals surface area contributed by atoms with Gasteiger partial charge in [-0.2, -0.15) is 0 Å². The number of rotatable bonds is 6. The first-order chi connectivity index (χ1) is 19.4. The molecule has 218 valence electrons. The van der Waals surface area contributed by atoms with Gasteiger partial charge in [0.25, 0.3) is 11.8 Å². The van der Waals surface area contributed by atoms with E-state index >= 15 is 0 Å². The molecule has 3 atom stereocenters. The molecule has 3 aliphatic heterocycles. The molecule has 0 spiro atoms. The summed E-state index contributed by atoms with van der Waals surface area (Å²) in [5, 5.41) is 0. The van der Waals surface area contributed by atoms with Crippen LogP contribution in [-0.2, 0) is 27.4 Å². The van der Waals surface area contributed by atoms with E-state index in [2.05, 4.69) is 0 Å². The molecule has 3 heterocycles. The number of carbonyl (C=O) groups is 4. The highest BCUT2D eigenvalue weighted by atomic mass is 16.6. The molecule has 5 rings (SSSR count). The van der Waals surface area contributed by atoms with Crippen LogP contribution in [0.2, 0.25) is 0 Å². The Bertz CT molecular complexity index is 1350. The van der Waals surface area contributed by atoms with Crippen molar-refractivity contribution in [2.75, 3.05) is 13.7 Å². The van der Waals surface area contributed by atoms with E-state index in [1.807, 2.05) is 45.9 Å². The fourth-order valence-electron chi connectivity index (χ4n) is 5.66. The molecule has 0 radical (unpaired) electrons. The van der Waals surface area contributed by atoms with Gasteiger partial charge in [0.1, 0.15) is 29.2 Å². The van der Waals surface area contributed by atoms with Crippen LogP contribution in [0.25, 0.3) is 0 Å². The molecule has 0 N–H and O–H groups in total. The Morgan fingerprint density at radius 1 is 1.00 bits per heavy atom. The first kappa shape index (κ1) is 28.4. The van der Waals surface area contributed by atoms with E-state index in [1.165, 1.54) is 4.90 Å². The molecule has 10 nitrogen and oxygen atoms in total. The van der Waals surface area contributed by atoms with E-state index < -0.39 is 11.6 Å². The number of piperidine rings is 1. The Kier molecular flexibility index (Phi) is 7.68. The molecule has 1 unspecified atom stereocenters. The normalized spacial score (nSPS) is 22.7. The largest absolute Gasteiger partial charge is 0.497 e. The number of ether oxygens (including phenoxy) is 3. The number of fused-ring (bicyclic) bond motifs is 1. The Morgan fingerprint density at radius 3 is 2.39 bits per heavy atom. The second-order valence-corrected chi connectivity index (χ2v) is 11.8. The third-order valence-electron chi connectivity index (χ3n) is 7.87. The van der Waals surface area contributed by atoms with Crippen molar-refractivity contribution in [3.63, 3.8) is 0 Å². The number of amides is 4. The van der Waals surface area contributed by atoms with Gasteiger partial charge in [-0.1, -0.05) is 12.1 Å². The second-order valence-electron chi connectivity index (χ2n) is 11.8. The van der Waals surface area contributed by atoms with Gasteiger partial charge in [0.2, 0.25) is 5.91 Å². The molecule has 2 saturated heterocycles. The van der Waals surface area contributed by atoms with E-state index in [-0.39, 0.29) is 55.5 Å². The number of carbonyl (C=O) groups excluding carboxylic acids is 4. The number of nitrogens with zero attached hydrogens (tertiary/aromatic N) is 3. The zero-order valence-electron chi connectivity index (χ0n) is 24.2. The average molecular weight is 564 g/mol. The number of benzene rings is 2. The van der Waals surface area contributed by atoms with Crippen molar-refractivity contribution < 1.29 is 33.4 Å². The van der Waals surface area contributed by atoms with E-state index in [0.29, 0.717) is 36.4 Å². The lowest BCUT2D eigenvalue weighted by Crippen LogP contribution is -2.54. The Hall–Kier alpha value is -4.08. The van der Waals surface area contributed by atoms with Crippen LogP contribution < -0.4 is 9.47 Å². The standard InChI is InChI=1S/C31H37N3O7/c1-19-26(14-15-32(19)30(38)41-31(2,3)4)40-23-10-11-24-21(16-23)18-33(28(24)36)25-12-13-27(35)34(29(25)37)17-20-6-8-22(39-5)9-7-20/h6-11,16,19,25-26H,12-15,17-18H2,1-5H3/t19-,25?,26-/m0/s1. The molecule has 2 aromatic rings. The molecule has 0 aliphatic carbocycles. The maximum Gasteiger partial charge on any atom is 0.410 e. The summed E-state index contributed by atoms with van der Waals surface area (Å²) in [4.78, 5) is 56.6. The number of likely N-dealkylation sites (tertiary alicyclic amines) is 2. The maximum atomic E-state index is 13.5. The van der Waals surface area contributed by atoms with Crippen LogP contribution in [-0.4, -0.2) is 76.0 Å². The van der Waals surface area contributed by atoms with Crippen molar-refractivity contribution in [1.82, 2.24) is 14.7 Å². The summed E-state index contributed by atoms with van der Waals surface area (Å²) in [6, 6.07) is 11.6. The topological polar surface area (TPSA) is 106 Å². The van der Waals surface area contributed by atoms with Crippen molar-refractivity contribution in [3.05, 3.63) is 59.2 Å². The van der Waals surface area contributed by atoms with Crippen LogP contribution in [0.4, 0.5) is 4.79 Å². The predicted octanol–water partition coefficient (Wildman–Crippen LogP) is 4.15. The fraction of sp³-hybridized carbons (Fsp3) is 0.484. The van der Waals surface area contributed by atoms with Gasteiger partial charge in [0, 0.05) is 31.5 Å². The number of hydrogen-bond acceptors (Lipinski definition) is 7. The number of imide groups is 1. The van der Waals surface area contributed by atoms with Crippen LogP contribution in [0.15, 0.2) is 42.5 Å². The van der Waals surface area contributed by atoms with E-state index in [4.69, 9.17) is 14.2 Å². The van der Waals surface area contributed by atoms with E-state index in [9.17, 15) is 19.2 Å². The molecule has 3 aliphatic rings. The minimum Gasteiger partial charge on any atom is -0.497 e. The van der Waals surface area contributed by atoms with Crippen LogP contribution in [0.1, 0.15) is 68.4 Å². The summed E-state index contributed by atoms with van der Waals surface area (Å²) in [5.41, 5.74) is 1.53. The molecule has 2 fully saturated rings. The van der Waals surface area contributed by atoms with Crippen LogP contribution >= 0.6 is 0 Å². The van der Waals surface area contributed by atoms with Crippen LogP contribution in [0.3, 0.4) is 0 Å². The van der Waals surface area contributed by atoms with Crippen molar-refractivity contribution in [2.45, 2.75) is 83.8 Å². The van der Waals surface area contributed by atoms with Crippen molar-refractivity contribution in [3.8, 4) is 11.5 Å². The second kappa shape index (κ2) is 11.1. The summed E-state index contributed by atoms with van der Waals surface area (Å²) < 4.78 is 17.0. The lowest BCUT2D eigenvalue weighted by atomic mass is 10.0. The molecule has 2 aromatic carbocycles. The third-order valence-corrected chi connectivity index (χ3v) is 7.87. The van der Waals surface area contributed by atoms with Crippen LogP contribution in [0, 0.1) is 0 Å². The quantitative estimate of drug-likeness (QED) is 0.487. The molecular weight excluding hydrogens is 526 g/mol. The van der Waals surface area contributed by atoms with Crippen LogP contribution in [0.5, 0.6) is 11.5 Å². The molecule has 4 amide bonds. The summed E-state index contributed by atoms with van der Waals surface area (Å²) in [7, 11) is 1.58. The molecular formula is C31H37N3O7. The zero-order valence-corrected chi connectivity index (χ0v) is 24.2. The lowest BCUT2D eigenvalue weighted by molar-refractivity contribution is -0.153. The van der Waals surface area contributed by atoms with Gasteiger partial charge in [-0.15, -0.1) is 0 Å². The highest BCUT2D eigenvalue weighted by Gasteiger charge is 2.43. The Balaban J connectivity index is 1.25. The first-order valence-electron chi connectivity index (χ1n) is 14.0. The van der Waals surface area contributed by atoms with Gasteiger partial charge >= 0.3 is 6.09 Å². The van der Waals surface area contributed by atoms with Crippen molar-refractivity contribution in [1.29, 1.82) is 0 Å². The summed E-state index contributed by atoms with van der Waals surface area (Å²) >= 11 is 0. The fourth-order valence-corrected chi connectivity index (χ4v) is 5.66. The number of hydrogen-bond donors (Lipinski definition) is 0. The maximum absolute atomic E-state index is 13.5. The molecule has 41 heavy (non-hydrogen) atoms. The average Bonchev–Trinajstić information content (AvgIpc) is 3.45. The highest BCUT2D eigenvalue weighted by Crippen LogP contribution is 2.33. The Morgan fingerprint density at radius 2 is 1.71 bits per heavy atom. The van der Waals surface area contributed by atoms with Gasteiger partial charge in [-0.25, -0.2) is 4.79 Å². The van der Waals surface area contributed by atoms with E-state index in [1.54, 1.807) is 41.2 Å². The summed E-state index contributed by atoms with van der Waals surface area (Å²) in [6.07, 6.45) is 0.570. The number of methoxy groups -OCH3 is 1. The van der Waals surface area contributed by atoms with E-state index in [0.717, 1.165) is 11.1 Å². The molecule has 0 saturated carbocycles. The first-order valence-corrected chi connectivity index (χ1v) is 14.0. The summed E-state index contributed by atoms with van der Waals surface area (Å²) in [6.45, 7) is 8.40. The van der Waals surface area contributed by atoms with Crippen molar-refractivity contribution >= 4 is 23.8 Å². The summed E-state index contributed by atoms with van der Waals surface area (Å²) in [5.74, 6) is 0.459. The zero-order chi connectivity index (χ0) is 29.5. The lowest BCUT2D eigenvalue weighted by Gasteiger charge is -2.35. The minimum absolute atomic E-state index is 0.144. The molecule has 10 heteroatoms.